The highest BCUT2D eigenvalue weighted by molar-refractivity contribution is 6.30. The molecular formula is C21H15ClN4O3. The Bertz CT molecular complexity index is 1230. The molecule has 0 aliphatic heterocycles. The van der Waals surface area contributed by atoms with Gasteiger partial charge in [0.1, 0.15) is 0 Å². The van der Waals surface area contributed by atoms with Crippen LogP contribution in [0, 0.1) is 0 Å². The third-order valence-corrected chi connectivity index (χ3v) is 4.64. The molecule has 2 aromatic carbocycles. The highest BCUT2D eigenvalue weighted by Crippen LogP contribution is 2.32. The number of rotatable bonds is 4. The third-order valence-electron chi connectivity index (χ3n) is 4.39. The van der Waals surface area contributed by atoms with E-state index < -0.39 is 5.97 Å². The standard InChI is InChI=1S/C21H15ClN4O3/c1-11(27)23-15-8-4-12(5-9-15)17-10-16(21(28)29)18-19(25-26-20(18)24-17)13-2-6-14(22)7-3-13/h2-10H,1H3,(H,23,27)(H,28,29)(H,24,25,26). The lowest BCUT2D eigenvalue weighted by Gasteiger charge is -2.07. The van der Waals surface area contributed by atoms with Crippen LogP contribution >= 0.6 is 11.6 Å². The van der Waals surface area contributed by atoms with Gasteiger partial charge in [-0.05, 0) is 30.3 Å². The lowest BCUT2D eigenvalue weighted by molar-refractivity contribution is -0.114. The molecule has 0 saturated heterocycles. The first-order valence-corrected chi connectivity index (χ1v) is 9.06. The number of amides is 1. The van der Waals surface area contributed by atoms with Gasteiger partial charge in [-0.3, -0.25) is 9.89 Å². The Morgan fingerprint density at radius 2 is 1.69 bits per heavy atom. The van der Waals surface area contributed by atoms with E-state index in [0.29, 0.717) is 38.7 Å². The number of H-pyrrole nitrogens is 1. The summed E-state index contributed by atoms with van der Waals surface area (Å²) in [7, 11) is 0. The molecule has 0 spiro atoms. The van der Waals surface area contributed by atoms with Gasteiger partial charge in [0.05, 0.1) is 22.3 Å². The van der Waals surface area contributed by atoms with Crippen LogP contribution in [0.5, 0.6) is 0 Å². The molecule has 7 nitrogen and oxygen atoms in total. The number of carbonyl (C=O) groups excluding carboxylic acids is 1. The van der Waals surface area contributed by atoms with Gasteiger partial charge >= 0.3 is 5.97 Å². The molecule has 8 heteroatoms. The molecule has 0 bridgehead atoms. The Hall–Kier alpha value is -3.71. The molecule has 0 saturated carbocycles. The molecule has 0 radical (unpaired) electrons. The number of pyridine rings is 1. The number of aromatic nitrogens is 3. The topological polar surface area (TPSA) is 108 Å². The van der Waals surface area contributed by atoms with Crippen molar-refractivity contribution in [1.29, 1.82) is 0 Å². The average molecular weight is 407 g/mol. The smallest absolute Gasteiger partial charge is 0.336 e. The monoisotopic (exact) mass is 406 g/mol. The molecule has 0 unspecified atom stereocenters. The molecule has 0 aliphatic rings. The van der Waals surface area contributed by atoms with Crippen molar-refractivity contribution in [3.8, 4) is 22.5 Å². The van der Waals surface area contributed by atoms with E-state index in [1.807, 2.05) is 0 Å². The number of halogens is 1. The Balaban J connectivity index is 1.83. The first-order chi connectivity index (χ1) is 13.9. The van der Waals surface area contributed by atoms with E-state index in [0.717, 1.165) is 5.56 Å². The van der Waals surface area contributed by atoms with Crippen LogP contribution in [0.25, 0.3) is 33.5 Å². The molecule has 2 aromatic heterocycles. The summed E-state index contributed by atoms with van der Waals surface area (Å²) in [5.74, 6) is -1.25. The lowest BCUT2D eigenvalue weighted by Crippen LogP contribution is -2.05. The number of hydrogen-bond donors (Lipinski definition) is 3. The fraction of sp³-hybridized carbons (Fsp3) is 0.0476. The number of aromatic amines is 1. The van der Waals surface area contributed by atoms with Crippen molar-refractivity contribution >= 4 is 40.2 Å². The van der Waals surface area contributed by atoms with Crippen molar-refractivity contribution in [2.24, 2.45) is 0 Å². The molecule has 0 aliphatic carbocycles. The number of carboxylic acid groups (broad SMARTS) is 1. The Morgan fingerprint density at radius 1 is 1.03 bits per heavy atom. The lowest BCUT2D eigenvalue weighted by atomic mass is 10.0. The number of fused-ring (bicyclic) bond motifs is 1. The van der Waals surface area contributed by atoms with Crippen molar-refractivity contribution in [2.45, 2.75) is 6.92 Å². The van der Waals surface area contributed by atoms with Crippen LogP contribution in [0.1, 0.15) is 17.3 Å². The van der Waals surface area contributed by atoms with Crippen molar-refractivity contribution in [3.63, 3.8) is 0 Å². The van der Waals surface area contributed by atoms with Crippen LogP contribution in [-0.4, -0.2) is 32.2 Å². The number of carbonyl (C=O) groups is 2. The first kappa shape index (κ1) is 18.6. The van der Waals surface area contributed by atoms with Crippen LogP contribution in [0.2, 0.25) is 5.02 Å². The third kappa shape index (κ3) is 3.68. The molecule has 0 fully saturated rings. The molecular weight excluding hydrogens is 392 g/mol. The number of anilines is 1. The summed E-state index contributed by atoms with van der Waals surface area (Å²) >= 11 is 5.95. The molecule has 2 heterocycles. The molecule has 0 atom stereocenters. The van der Waals surface area contributed by atoms with E-state index in [-0.39, 0.29) is 11.5 Å². The summed E-state index contributed by atoms with van der Waals surface area (Å²) in [6.45, 7) is 1.43. The van der Waals surface area contributed by atoms with Crippen LogP contribution in [0.4, 0.5) is 5.69 Å². The minimum Gasteiger partial charge on any atom is -0.478 e. The van der Waals surface area contributed by atoms with E-state index >= 15 is 0 Å². The van der Waals surface area contributed by atoms with Crippen molar-refractivity contribution < 1.29 is 14.7 Å². The summed E-state index contributed by atoms with van der Waals surface area (Å²) in [5.41, 5.74) is 3.54. The summed E-state index contributed by atoms with van der Waals surface area (Å²) < 4.78 is 0. The highest BCUT2D eigenvalue weighted by Gasteiger charge is 2.19. The predicted octanol–water partition coefficient (Wildman–Crippen LogP) is 4.60. The Morgan fingerprint density at radius 3 is 2.31 bits per heavy atom. The van der Waals surface area contributed by atoms with Crippen LogP contribution in [0.3, 0.4) is 0 Å². The maximum Gasteiger partial charge on any atom is 0.336 e. The normalized spacial score (nSPS) is 10.8. The van der Waals surface area contributed by atoms with Gasteiger partial charge in [0.15, 0.2) is 5.65 Å². The summed E-state index contributed by atoms with van der Waals surface area (Å²) in [5, 5.41) is 20.6. The van der Waals surface area contributed by atoms with Gasteiger partial charge in [-0.15, -0.1) is 0 Å². The zero-order valence-electron chi connectivity index (χ0n) is 15.2. The number of carboxylic acids is 1. The highest BCUT2D eigenvalue weighted by atomic mass is 35.5. The van der Waals surface area contributed by atoms with Gasteiger partial charge in [-0.1, -0.05) is 35.9 Å². The molecule has 4 aromatic rings. The summed E-state index contributed by atoms with van der Waals surface area (Å²) in [4.78, 5) is 27.7. The summed E-state index contributed by atoms with van der Waals surface area (Å²) in [6.07, 6.45) is 0. The van der Waals surface area contributed by atoms with Crippen molar-refractivity contribution in [1.82, 2.24) is 15.2 Å². The number of hydrogen-bond acceptors (Lipinski definition) is 4. The average Bonchev–Trinajstić information content (AvgIpc) is 3.12. The van der Waals surface area contributed by atoms with Gasteiger partial charge in [-0.2, -0.15) is 5.10 Å². The number of nitrogens with one attached hydrogen (secondary N) is 2. The second-order valence-corrected chi connectivity index (χ2v) is 6.86. The first-order valence-electron chi connectivity index (χ1n) is 8.69. The van der Waals surface area contributed by atoms with Crippen molar-refractivity contribution in [2.75, 3.05) is 5.32 Å². The van der Waals surface area contributed by atoms with Gasteiger partial charge in [0.2, 0.25) is 5.91 Å². The minimum atomic E-state index is -1.08. The van der Waals surface area contributed by atoms with E-state index in [1.165, 1.54) is 13.0 Å². The second-order valence-electron chi connectivity index (χ2n) is 6.42. The van der Waals surface area contributed by atoms with Crippen LogP contribution in [0.15, 0.2) is 54.6 Å². The van der Waals surface area contributed by atoms with Gasteiger partial charge < -0.3 is 10.4 Å². The zero-order valence-corrected chi connectivity index (χ0v) is 16.0. The van der Waals surface area contributed by atoms with Crippen molar-refractivity contribution in [3.05, 3.63) is 65.2 Å². The van der Waals surface area contributed by atoms with E-state index in [4.69, 9.17) is 11.6 Å². The van der Waals surface area contributed by atoms with Gasteiger partial charge in [-0.25, -0.2) is 9.78 Å². The maximum atomic E-state index is 12.0. The maximum absolute atomic E-state index is 12.0. The Kier molecular flexibility index (Phi) is 4.74. The fourth-order valence-corrected chi connectivity index (χ4v) is 3.22. The SMILES string of the molecule is CC(=O)Nc1ccc(-c2cc(C(=O)O)c3c(-c4ccc(Cl)cc4)[nH]nc3n2)cc1. The number of benzene rings is 2. The van der Waals surface area contributed by atoms with Gasteiger partial charge in [0, 0.05) is 28.8 Å². The fourth-order valence-electron chi connectivity index (χ4n) is 3.09. The number of aromatic carboxylic acids is 1. The molecule has 4 rings (SSSR count). The molecule has 1 amide bonds. The van der Waals surface area contributed by atoms with E-state index in [1.54, 1.807) is 48.5 Å². The van der Waals surface area contributed by atoms with Gasteiger partial charge in [0.25, 0.3) is 0 Å². The largest absolute Gasteiger partial charge is 0.478 e. The Labute approximate surface area is 170 Å². The molecule has 29 heavy (non-hydrogen) atoms. The second kappa shape index (κ2) is 7.37. The van der Waals surface area contributed by atoms with E-state index in [2.05, 4.69) is 20.5 Å². The number of nitrogens with zero attached hydrogens (tertiary/aromatic N) is 2. The van der Waals surface area contributed by atoms with E-state index in [9.17, 15) is 14.7 Å². The zero-order chi connectivity index (χ0) is 20.5. The minimum absolute atomic E-state index is 0.0923. The molecule has 3 N–H and O–H groups in total. The van der Waals surface area contributed by atoms with Crippen LogP contribution < -0.4 is 5.32 Å². The van der Waals surface area contributed by atoms with Crippen LogP contribution in [-0.2, 0) is 4.79 Å². The molecule has 144 valence electrons. The predicted molar refractivity (Wildman–Crippen MR) is 111 cm³/mol. The quantitative estimate of drug-likeness (QED) is 0.459. The summed E-state index contributed by atoms with van der Waals surface area (Å²) in [6, 6.07) is 15.5.